The highest BCUT2D eigenvalue weighted by Gasteiger charge is 2.49. The van der Waals surface area contributed by atoms with Gasteiger partial charge < -0.3 is 5.73 Å². The summed E-state index contributed by atoms with van der Waals surface area (Å²) in [6.07, 6.45) is 3.06. The van der Waals surface area contributed by atoms with Crippen LogP contribution in [0.2, 0.25) is 0 Å². The summed E-state index contributed by atoms with van der Waals surface area (Å²) in [6, 6.07) is 0.121. The first kappa shape index (κ1) is 14.2. The van der Waals surface area contributed by atoms with Crippen LogP contribution in [0.1, 0.15) is 40.0 Å². The number of hydrogen-bond donors (Lipinski definition) is 1. The van der Waals surface area contributed by atoms with Crippen LogP contribution in [0, 0.1) is 5.92 Å². The molecule has 0 bridgehead atoms. The molecule has 0 aromatic rings. The summed E-state index contributed by atoms with van der Waals surface area (Å²) in [5.41, 5.74) is 5.83. The lowest BCUT2D eigenvalue weighted by Crippen LogP contribution is -2.72. The van der Waals surface area contributed by atoms with Crippen LogP contribution in [0.4, 0.5) is 0 Å². The average molecular weight is 275 g/mol. The van der Waals surface area contributed by atoms with E-state index < -0.39 is 10.2 Å². The number of rotatable bonds is 3. The van der Waals surface area contributed by atoms with Gasteiger partial charge >= 0.3 is 0 Å². The highest BCUT2D eigenvalue weighted by molar-refractivity contribution is 7.86. The lowest BCUT2D eigenvalue weighted by molar-refractivity contribution is 0.0980. The second-order valence-corrected chi connectivity index (χ2v) is 8.00. The molecule has 2 aliphatic rings. The second kappa shape index (κ2) is 4.74. The van der Waals surface area contributed by atoms with Crippen molar-refractivity contribution in [2.45, 2.75) is 51.6 Å². The normalized spacial score (nSPS) is 30.4. The fourth-order valence-electron chi connectivity index (χ4n) is 2.70. The van der Waals surface area contributed by atoms with Crippen molar-refractivity contribution in [3.63, 3.8) is 0 Å². The van der Waals surface area contributed by atoms with Gasteiger partial charge in [-0.3, -0.25) is 0 Å². The minimum atomic E-state index is -3.29. The summed E-state index contributed by atoms with van der Waals surface area (Å²) in [6.45, 7) is 7.65. The predicted octanol–water partition coefficient (Wildman–Crippen LogP) is 0.775. The summed E-state index contributed by atoms with van der Waals surface area (Å²) in [7, 11) is -3.29. The van der Waals surface area contributed by atoms with Crippen molar-refractivity contribution in [1.82, 2.24) is 8.61 Å². The molecule has 0 spiro atoms. The molecule has 0 aromatic heterocycles. The zero-order valence-corrected chi connectivity index (χ0v) is 12.4. The van der Waals surface area contributed by atoms with Gasteiger partial charge in [-0.25, -0.2) is 0 Å². The second-order valence-electron chi connectivity index (χ2n) is 6.12. The Morgan fingerprint density at radius 1 is 1.28 bits per heavy atom. The predicted molar refractivity (Wildman–Crippen MR) is 72.3 cm³/mol. The summed E-state index contributed by atoms with van der Waals surface area (Å²) in [4.78, 5) is 0. The standard InChI is InChI=1S/C12H25N3O2S/c1-10(2)12(13)8-14(9-12)18(16,17)15-7-5-4-6-11(15)3/h10-11H,4-9,13H2,1-3H3. The summed E-state index contributed by atoms with van der Waals surface area (Å²) >= 11 is 0. The quantitative estimate of drug-likeness (QED) is 0.827. The molecule has 2 rings (SSSR count). The van der Waals surface area contributed by atoms with E-state index in [9.17, 15) is 8.42 Å². The van der Waals surface area contributed by atoms with Gasteiger partial charge in [-0.1, -0.05) is 20.3 Å². The van der Waals surface area contributed by atoms with Crippen LogP contribution in [0.3, 0.4) is 0 Å². The highest BCUT2D eigenvalue weighted by atomic mass is 32.2. The molecule has 2 saturated heterocycles. The summed E-state index contributed by atoms with van der Waals surface area (Å²) in [5, 5.41) is 0. The molecule has 2 fully saturated rings. The van der Waals surface area contributed by atoms with E-state index >= 15 is 0 Å². The van der Waals surface area contributed by atoms with Gasteiger partial charge in [-0.15, -0.1) is 0 Å². The minimum absolute atomic E-state index is 0.121. The molecule has 1 atom stereocenters. The van der Waals surface area contributed by atoms with Gasteiger partial charge in [-0.05, 0) is 25.7 Å². The van der Waals surface area contributed by atoms with E-state index in [4.69, 9.17) is 5.73 Å². The molecule has 5 nitrogen and oxygen atoms in total. The third kappa shape index (κ3) is 2.31. The van der Waals surface area contributed by atoms with Crippen LogP contribution in [-0.2, 0) is 10.2 Å². The first-order valence-corrected chi connectivity index (χ1v) is 8.23. The van der Waals surface area contributed by atoms with Crippen LogP contribution in [0.5, 0.6) is 0 Å². The lowest BCUT2D eigenvalue weighted by atomic mass is 9.82. The molecule has 0 aliphatic carbocycles. The van der Waals surface area contributed by atoms with Crippen molar-refractivity contribution >= 4 is 10.2 Å². The third-order valence-corrected chi connectivity index (χ3v) is 6.50. The molecular weight excluding hydrogens is 250 g/mol. The average Bonchev–Trinajstić information content (AvgIpc) is 2.24. The van der Waals surface area contributed by atoms with Gasteiger partial charge in [0.15, 0.2) is 0 Å². The zero-order valence-electron chi connectivity index (χ0n) is 11.6. The number of hydrogen-bond acceptors (Lipinski definition) is 3. The van der Waals surface area contributed by atoms with E-state index in [1.807, 2.05) is 20.8 Å². The smallest absolute Gasteiger partial charge is 0.282 e. The van der Waals surface area contributed by atoms with Crippen LogP contribution < -0.4 is 5.73 Å². The van der Waals surface area contributed by atoms with Crippen molar-refractivity contribution in [1.29, 1.82) is 0 Å². The summed E-state index contributed by atoms with van der Waals surface area (Å²) in [5.74, 6) is 0.308. The van der Waals surface area contributed by atoms with Crippen LogP contribution >= 0.6 is 0 Å². The SMILES string of the molecule is CC1CCCCN1S(=O)(=O)N1CC(N)(C(C)C)C1. The maximum absolute atomic E-state index is 12.5. The van der Waals surface area contributed by atoms with E-state index in [-0.39, 0.29) is 11.6 Å². The maximum atomic E-state index is 12.5. The zero-order chi connectivity index (χ0) is 13.6. The Balaban J connectivity index is 2.05. The summed E-state index contributed by atoms with van der Waals surface area (Å²) < 4.78 is 28.2. The van der Waals surface area contributed by atoms with Gasteiger partial charge in [0.1, 0.15) is 0 Å². The molecular formula is C12H25N3O2S. The van der Waals surface area contributed by atoms with Gasteiger partial charge in [0.05, 0.1) is 0 Å². The number of nitrogens with zero attached hydrogens (tertiary/aromatic N) is 2. The van der Waals surface area contributed by atoms with Crippen molar-refractivity contribution in [2.24, 2.45) is 11.7 Å². The van der Waals surface area contributed by atoms with E-state index in [2.05, 4.69) is 0 Å². The van der Waals surface area contributed by atoms with Crippen LogP contribution in [0.25, 0.3) is 0 Å². The maximum Gasteiger partial charge on any atom is 0.282 e. The Kier molecular flexibility index (Phi) is 3.75. The van der Waals surface area contributed by atoms with Crippen molar-refractivity contribution in [2.75, 3.05) is 19.6 Å². The largest absolute Gasteiger partial charge is 0.323 e. The fourth-order valence-corrected chi connectivity index (χ4v) is 4.73. The molecule has 2 N–H and O–H groups in total. The number of piperidine rings is 1. The lowest BCUT2D eigenvalue weighted by Gasteiger charge is -2.51. The Morgan fingerprint density at radius 3 is 2.39 bits per heavy atom. The van der Waals surface area contributed by atoms with Crippen molar-refractivity contribution in [3.8, 4) is 0 Å². The molecule has 6 heteroatoms. The van der Waals surface area contributed by atoms with E-state index in [1.54, 1.807) is 4.31 Å². The van der Waals surface area contributed by atoms with Gasteiger partial charge in [0.2, 0.25) is 0 Å². The monoisotopic (exact) mass is 275 g/mol. The Hall–Kier alpha value is -0.170. The first-order chi connectivity index (χ1) is 8.27. The van der Waals surface area contributed by atoms with Crippen molar-refractivity contribution < 1.29 is 8.42 Å². The van der Waals surface area contributed by atoms with E-state index in [1.165, 1.54) is 4.31 Å². The van der Waals surface area contributed by atoms with Gasteiger partial charge in [0.25, 0.3) is 10.2 Å². The molecule has 0 amide bonds. The molecule has 0 aromatic carbocycles. The Morgan fingerprint density at radius 2 is 1.89 bits per heavy atom. The Bertz CT molecular complexity index is 402. The van der Waals surface area contributed by atoms with Crippen LogP contribution in [-0.4, -0.2) is 48.2 Å². The molecule has 0 radical (unpaired) electrons. The molecule has 2 aliphatic heterocycles. The fraction of sp³-hybridized carbons (Fsp3) is 1.00. The minimum Gasteiger partial charge on any atom is -0.323 e. The molecule has 1 unspecified atom stereocenters. The van der Waals surface area contributed by atoms with Crippen LogP contribution in [0.15, 0.2) is 0 Å². The van der Waals surface area contributed by atoms with E-state index in [0.717, 1.165) is 19.3 Å². The number of nitrogens with two attached hydrogens (primary N) is 1. The Labute approximate surface area is 110 Å². The van der Waals surface area contributed by atoms with Gasteiger partial charge in [-0.2, -0.15) is 17.0 Å². The van der Waals surface area contributed by atoms with Gasteiger partial charge in [0, 0.05) is 31.2 Å². The molecule has 18 heavy (non-hydrogen) atoms. The van der Waals surface area contributed by atoms with Crippen molar-refractivity contribution in [3.05, 3.63) is 0 Å². The molecule has 2 heterocycles. The first-order valence-electron chi connectivity index (χ1n) is 6.83. The highest BCUT2D eigenvalue weighted by Crippen LogP contribution is 2.32. The van der Waals surface area contributed by atoms with E-state index in [0.29, 0.717) is 25.6 Å². The molecule has 106 valence electrons. The topological polar surface area (TPSA) is 66.6 Å². The molecule has 0 saturated carbocycles. The third-order valence-electron chi connectivity index (χ3n) is 4.46.